The van der Waals surface area contributed by atoms with Gasteiger partial charge in [-0.1, -0.05) is 134 Å². The SMILES string of the molecule is CC/C(C)=C(/N=C(N=C(C)c1ccc(-n2c3ccccc3c3cc4c(c(C)c32)c2ccccc2n4C2=CC=CC=CC2)c(C#N)c1)c1ccccc1)c1ccccc1. The molecule has 6 aromatic carbocycles. The zero-order chi connectivity index (χ0) is 39.8. The first kappa shape index (κ1) is 36.4. The number of aromatic nitrogens is 2. The first-order valence-corrected chi connectivity index (χ1v) is 19.9. The van der Waals surface area contributed by atoms with E-state index in [4.69, 9.17) is 9.98 Å². The molecule has 0 aliphatic heterocycles. The maximum Gasteiger partial charge on any atom is 0.160 e. The van der Waals surface area contributed by atoms with E-state index in [-0.39, 0.29) is 0 Å². The average Bonchev–Trinajstić information content (AvgIpc) is 3.64. The number of fused-ring (bicyclic) bond motifs is 6. The normalized spacial score (nSPS) is 13.9. The van der Waals surface area contributed by atoms with Crippen LogP contribution in [0.15, 0.2) is 179 Å². The monoisotopic (exact) mass is 749 g/mol. The van der Waals surface area contributed by atoms with Gasteiger partial charge in [0.2, 0.25) is 0 Å². The molecular weight excluding hydrogens is 707 g/mol. The molecule has 0 saturated heterocycles. The molecule has 0 bridgehead atoms. The van der Waals surface area contributed by atoms with E-state index in [1.807, 2.05) is 61.5 Å². The number of para-hydroxylation sites is 2. The number of allylic oxidation sites excluding steroid dienone is 7. The second kappa shape index (κ2) is 15.3. The zero-order valence-electron chi connectivity index (χ0n) is 33.2. The molecule has 8 aromatic rings. The molecule has 58 heavy (non-hydrogen) atoms. The molecule has 0 N–H and O–H groups in total. The Morgan fingerprint density at radius 1 is 0.655 bits per heavy atom. The zero-order valence-corrected chi connectivity index (χ0v) is 33.2. The first-order valence-electron chi connectivity index (χ1n) is 19.9. The van der Waals surface area contributed by atoms with Gasteiger partial charge in [0.15, 0.2) is 5.84 Å². The van der Waals surface area contributed by atoms with Crippen LogP contribution in [0.4, 0.5) is 0 Å². The van der Waals surface area contributed by atoms with Crippen molar-refractivity contribution < 1.29 is 0 Å². The highest BCUT2D eigenvalue weighted by Crippen LogP contribution is 2.43. The Bertz CT molecular complexity index is 3140. The molecule has 9 rings (SSSR count). The summed E-state index contributed by atoms with van der Waals surface area (Å²) in [7, 11) is 0. The first-order chi connectivity index (χ1) is 28.5. The van der Waals surface area contributed by atoms with E-state index in [0.717, 1.165) is 68.4 Å². The fraction of sp³-hybridized carbons (Fsp3) is 0.113. The van der Waals surface area contributed by atoms with Gasteiger partial charge in [0.25, 0.3) is 0 Å². The van der Waals surface area contributed by atoms with Crippen LogP contribution >= 0.6 is 0 Å². The molecule has 1 aliphatic carbocycles. The summed E-state index contributed by atoms with van der Waals surface area (Å²) >= 11 is 0. The van der Waals surface area contributed by atoms with E-state index in [1.165, 1.54) is 38.6 Å². The highest BCUT2D eigenvalue weighted by Gasteiger charge is 2.23. The van der Waals surface area contributed by atoms with Crippen LogP contribution < -0.4 is 0 Å². The van der Waals surface area contributed by atoms with Crippen LogP contribution in [0, 0.1) is 18.3 Å². The van der Waals surface area contributed by atoms with Crippen LogP contribution in [0.5, 0.6) is 0 Å². The second-order valence-electron chi connectivity index (χ2n) is 14.9. The number of aryl methyl sites for hydroxylation is 1. The second-order valence-corrected chi connectivity index (χ2v) is 14.9. The van der Waals surface area contributed by atoms with E-state index in [2.05, 4.69) is 145 Å². The minimum Gasteiger partial charge on any atom is -0.313 e. The molecule has 0 fully saturated rings. The lowest BCUT2D eigenvalue weighted by atomic mass is 10.0. The van der Waals surface area contributed by atoms with Crippen molar-refractivity contribution in [2.45, 2.75) is 40.5 Å². The number of hydrogen-bond acceptors (Lipinski definition) is 2. The van der Waals surface area contributed by atoms with E-state index in [9.17, 15) is 5.26 Å². The quantitative estimate of drug-likeness (QED) is 0.118. The number of nitrogens with zero attached hydrogens (tertiary/aromatic N) is 5. The minimum absolute atomic E-state index is 0.573. The summed E-state index contributed by atoms with van der Waals surface area (Å²) in [6.07, 6.45) is 12.5. The molecule has 1 aliphatic rings. The standard InChI is InChI=1S/C53H43N5/c1-5-35(2)51(38-20-10-8-11-21-38)56-53(39-22-12-9-13-23-39)55-37(4)40-30-31-46(41(32-40)34-54)58-47-28-18-16-26-43(47)45-33-49-50(36(3)52(45)58)44-27-17-19-29-48(44)57(49)42-24-14-6-7-15-25-42/h6-24,26-33H,5,25H2,1-4H3/b51-35+,55-37?,56-53?. The van der Waals surface area contributed by atoms with E-state index in [1.54, 1.807) is 0 Å². The van der Waals surface area contributed by atoms with E-state index >= 15 is 0 Å². The van der Waals surface area contributed by atoms with Crippen molar-refractivity contribution in [1.82, 2.24) is 9.13 Å². The molecule has 5 nitrogen and oxygen atoms in total. The number of hydrogen-bond donors (Lipinski definition) is 0. The van der Waals surface area contributed by atoms with Crippen LogP contribution in [0.25, 0.3) is 60.7 Å². The maximum absolute atomic E-state index is 10.9. The lowest BCUT2D eigenvalue weighted by molar-refractivity contribution is 1.09. The number of aliphatic imine (C=N–C) groups is 2. The van der Waals surface area contributed by atoms with Crippen LogP contribution in [0.2, 0.25) is 0 Å². The van der Waals surface area contributed by atoms with Gasteiger partial charge >= 0.3 is 0 Å². The Balaban J connectivity index is 1.23. The Morgan fingerprint density at radius 2 is 1.33 bits per heavy atom. The smallest absolute Gasteiger partial charge is 0.160 e. The highest BCUT2D eigenvalue weighted by atomic mass is 15.0. The van der Waals surface area contributed by atoms with Gasteiger partial charge in [-0.3, -0.25) is 0 Å². The van der Waals surface area contributed by atoms with Crippen molar-refractivity contribution in [1.29, 1.82) is 5.26 Å². The molecule has 0 amide bonds. The number of rotatable bonds is 7. The molecule has 2 heterocycles. The van der Waals surface area contributed by atoms with Crippen molar-refractivity contribution >= 4 is 66.6 Å². The third-order valence-electron chi connectivity index (χ3n) is 11.4. The Kier molecular flexibility index (Phi) is 9.61. The molecule has 2 aromatic heterocycles. The third kappa shape index (κ3) is 6.30. The predicted molar refractivity (Wildman–Crippen MR) is 245 cm³/mol. The summed E-state index contributed by atoms with van der Waals surface area (Å²) in [5, 5.41) is 15.6. The molecule has 0 saturated carbocycles. The number of nitriles is 1. The Morgan fingerprint density at radius 3 is 2.05 bits per heavy atom. The van der Waals surface area contributed by atoms with Crippen LogP contribution in [0.1, 0.15) is 61.4 Å². The topological polar surface area (TPSA) is 58.4 Å². The fourth-order valence-electron chi connectivity index (χ4n) is 8.40. The Hall–Kier alpha value is -7.29. The molecule has 280 valence electrons. The van der Waals surface area contributed by atoms with Crippen molar-refractivity contribution in [3.63, 3.8) is 0 Å². The minimum atomic E-state index is 0.573. The lowest BCUT2D eigenvalue weighted by Gasteiger charge is -2.14. The van der Waals surface area contributed by atoms with Crippen LogP contribution in [0.3, 0.4) is 0 Å². The summed E-state index contributed by atoms with van der Waals surface area (Å²) in [4.78, 5) is 10.4. The lowest BCUT2D eigenvalue weighted by Crippen LogP contribution is -2.06. The van der Waals surface area contributed by atoms with Crippen molar-refractivity contribution in [2.24, 2.45) is 9.98 Å². The highest BCUT2D eigenvalue weighted by molar-refractivity contribution is 6.21. The van der Waals surface area contributed by atoms with E-state index < -0.39 is 0 Å². The van der Waals surface area contributed by atoms with Gasteiger partial charge < -0.3 is 9.13 Å². The summed E-state index contributed by atoms with van der Waals surface area (Å²) in [5.41, 5.74) is 14.1. The van der Waals surface area contributed by atoms with Gasteiger partial charge in [-0.25, -0.2) is 9.98 Å². The van der Waals surface area contributed by atoms with Crippen molar-refractivity contribution in [2.75, 3.05) is 0 Å². The fourth-order valence-corrected chi connectivity index (χ4v) is 8.40. The average molecular weight is 750 g/mol. The molecule has 0 atom stereocenters. The Labute approximate surface area is 339 Å². The van der Waals surface area contributed by atoms with Crippen LogP contribution in [-0.2, 0) is 0 Å². The molecule has 0 unspecified atom stereocenters. The van der Waals surface area contributed by atoms with E-state index in [0.29, 0.717) is 11.4 Å². The van der Waals surface area contributed by atoms with Gasteiger partial charge in [-0.05, 0) is 80.3 Å². The molecule has 5 heteroatoms. The largest absolute Gasteiger partial charge is 0.313 e. The summed E-state index contributed by atoms with van der Waals surface area (Å²) < 4.78 is 4.72. The molecule has 0 radical (unpaired) electrons. The number of benzene rings is 6. The summed E-state index contributed by atoms with van der Waals surface area (Å²) in [5.74, 6) is 0.625. The van der Waals surface area contributed by atoms with Crippen LogP contribution in [-0.4, -0.2) is 20.7 Å². The third-order valence-corrected chi connectivity index (χ3v) is 11.4. The van der Waals surface area contributed by atoms with Gasteiger partial charge in [0.05, 0.1) is 39.0 Å². The number of amidine groups is 1. The van der Waals surface area contributed by atoms with Crippen molar-refractivity contribution in [3.8, 4) is 11.8 Å². The van der Waals surface area contributed by atoms with Gasteiger partial charge in [0.1, 0.15) is 6.07 Å². The maximum atomic E-state index is 10.9. The molecular formula is C53H43N5. The molecule has 0 spiro atoms. The van der Waals surface area contributed by atoms with Gasteiger partial charge in [-0.2, -0.15) is 5.26 Å². The van der Waals surface area contributed by atoms with Gasteiger partial charge in [-0.15, -0.1) is 0 Å². The van der Waals surface area contributed by atoms with Gasteiger partial charge in [0, 0.05) is 50.5 Å². The summed E-state index contributed by atoms with van der Waals surface area (Å²) in [6.45, 7) is 8.52. The van der Waals surface area contributed by atoms with Crippen molar-refractivity contribution in [3.05, 3.63) is 197 Å². The summed E-state index contributed by atoms with van der Waals surface area (Å²) in [6, 6.07) is 48.7. The predicted octanol–water partition coefficient (Wildman–Crippen LogP) is 13.5.